The van der Waals surface area contributed by atoms with E-state index in [4.69, 9.17) is 4.99 Å². The van der Waals surface area contributed by atoms with E-state index >= 15 is 0 Å². The topological polar surface area (TPSA) is 45.5 Å². The molecule has 0 amide bonds. The Hall–Kier alpha value is -3.08. The van der Waals surface area contributed by atoms with Crippen LogP contribution in [0.2, 0.25) is 0 Å². The molecule has 3 rings (SSSR count). The molecule has 0 aliphatic heterocycles. The second kappa shape index (κ2) is 9.03. The number of aryl methyl sites for hydroxylation is 1. The van der Waals surface area contributed by atoms with Gasteiger partial charge in [0.25, 0.3) is 0 Å². The SMILES string of the molecule is CCNC(=NCc1cccc(-c2ccccn2)c1)N(C)Cc1cccn1C. The normalized spacial score (nSPS) is 11.4. The summed E-state index contributed by atoms with van der Waals surface area (Å²) >= 11 is 0. The number of rotatable bonds is 6. The van der Waals surface area contributed by atoms with Gasteiger partial charge in [-0.3, -0.25) is 4.98 Å². The summed E-state index contributed by atoms with van der Waals surface area (Å²) in [6, 6.07) is 18.6. The van der Waals surface area contributed by atoms with E-state index in [0.29, 0.717) is 6.54 Å². The first kappa shape index (κ1) is 18.7. The number of nitrogens with zero attached hydrogens (tertiary/aromatic N) is 4. The zero-order chi connectivity index (χ0) is 19.1. The van der Waals surface area contributed by atoms with Crippen molar-refractivity contribution in [1.29, 1.82) is 0 Å². The molecule has 0 atom stereocenters. The summed E-state index contributed by atoms with van der Waals surface area (Å²) in [5, 5.41) is 3.39. The number of hydrogen-bond donors (Lipinski definition) is 1. The van der Waals surface area contributed by atoms with Crippen LogP contribution in [0.25, 0.3) is 11.3 Å². The summed E-state index contributed by atoms with van der Waals surface area (Å²) in [4.78, 5) is 11.4. The standard InChI is InChI=1S/C22H27N5/c1-4-23-22(27(3)17-20-11-8-14-26(20)2)25-16-18-9-7-10-19(15-18)21-12-5-6-13-24-21/h5-15H,4,16-17H2,1-3H3,(H,23,25). The fraction of sp³-hybridized carbons (Fsp3) is 0.273. The molecule has 0 aliphatic rings. The Labute approximate surface area is 161 Å². The maximum Gasteiger partial charge on any atom is 0.194 e. The molecule has 2 aromatic heterocycles. The van der Waals surface area contributed by atoms with Crippen LogP contribution in [0.5, 0.6) is 0 Å². The van der Waals surface area contributed by atoms with Crippen molar-refractivity contribution in [2.75, 3.05) is 13.6 Å². The van der Waals surface area contributed by atoms with Gasteiger partial charge in [0, 0.05) is 44.3 Å². The first-order valence-electron chi connectivity index (χ1n) is 9.27. The van der Waals surface area contributed by atoms with Gasteiger partial charge in [0.05, 0.1) is 18.8 Å². The summed E-state index contributed by atoms with van der Waals surface area (Å²) in [5.41, 5.74) is 4.52. The molecule has 5 nitrogen and oxygen atoms in total. The van der Waals surface area contributed by atoms with Gasteiger partial charge in [-0.25, -0.2) is 4.99 Å². The Morgan fingerprint density at radius 2 is 2.04 bits per heavy atom. The van der Waals surface area contributed by atoms with Crippen LogP contribution in [-0.2, 0) is 20.1 Å². The van der Waals surface area contributed by atoms with Crippen LogP contribution in [0.15, 0.2) is 72.0 Å². The Morgan fingerprint density at radius 3 is 2.74 bits per heavy atom. The van der Waals surface area contributed by atoms with Gasteiger partial charge in [-0.15, -0.1) is 0 Å². The highest BCUT2D eigenvalue weighted by molar-refractivity contribution is 5.79. The molecular formula is C22H27N5. The fourth-order valence-corrected chi connectivity index (χ4v) is 2.98. The number of guanidine groups is 1. The molecule has 0 unspecified atom stereocenters. The maximum atomic E-state index is 4.83. The van der Waals surface area contributed by atoms with Gasteiger partial charge in [-0.1, -0.05) is 24.3 Å². The minimum Gasteiger partial charge on any atom is -0.357 e. The third kappa shape index (κ3) is 4.97. The first-order valence-corrected chi connectivity index (χ1v) is 9.27. The van der Waals surface area contributed by atoms with Crippen molar-refractivity contribution in [3.05, 3.63) is 78.2 Å². The van der Waals surface area contributed by atoms with E-state index in [1.165, 1.54) is 11.3 Å². The maximum absolute atomic E-state index is 4.83. The number of nitrogens with one attached hydrogen (secondary N) is 1. The molecule has 0 radical (unpaired) electrons. The van der Waals surface area contributed by atoms with Crippen molar-refractivity contribution in [1.82, 2.24) is 19.8 Å². The predicted octanol–water partition coefficient (Wildman–Crippen LogP) is 3.68. The van der Waals surface area contributed by atoms with E-state index in [9.17, 15) is 0 Å². The Bertz CT molecular complexity index is 882. The van der Waals surface area contributed by atoms with Crippen molar-refractivity contribution in [2.45, 2.75) is 20.0 Å². The number of pyridine rings is 1. The molecule has 0 bridgehead atoms. The van der Waals surface area contributed by atoms with E-state index in [1.54, 1.807) is 0 Å². The molecule has 1 N–H and O–H groups in total. The number of hydrogen-bond acceptors (Lipinski definition) is 2. The van der Waals surface area contributed by atoms with Gasteiger partial charge in [0.15, 0.2) is 5.96 Å². The third-order valence-electron chi connectivity index (χ3n) is 4.45. The zero-order valence-electron chi connectivity index (χ0n) is 16.3. The molecule has 0 aliphatic carbocycles. The highest BCUT2D eigenvalue weighted by Gasteiger charge is 2.08. The van der Waals surface area contributed by atoms with Crippen LogP contribution < -0.4 is 5.32 Å². The van der Waals surface area contributed by atoms with Crippen LogP contribution in [0, 0.1) is 0 Å². The Kier molecular flexibility index (Phi) is 6.26. The average molecular weight is 361 g/mol. The van der Waals surface area contributed by atoms with Crippen molar-refractivity contribution in [3.63, 3.8) is 0 Å². The van der Waals surface area contributed by atoms with E-state index < -0.39 is 0 Å². The van der Waals surface area contributed by atoms with E-state index in [-0.39, 0.29) is 0 Å². The zero-order valence-corrected chi connectivity index (χ0v) is 16.3. The Morgan fingerprint density at radius 1 is 1.15 bits per heavy atom. The molecule has 0 saturated heterocycles. The van der Waals surface area contributed by atoms with Crippen LogP contribution in [0.1, 0.15) is 18.2 Å². The summed E-state index contributed by atoms with van der Waals surface area (Å²) in [5.74, 6) is 0.905. The van der Waals surface area contributed by atoms with Gasteiger partial charge in [0.2, 0.25) is 0 Å². The second-order valence-corrected chi connectivity index (χ2v) is 6.55. The van der Waals surface area contributed by atoms with Gasteiger partial charge in [-0.2, -0.15) is 0 Å². The molecule has 140 valence electrons. The quantitative estimate of drug-likeness (QED) is 0.538. The number of aliphatic imine (C=N–C) groups is 1. The van der Waals surface area contributed by atoms with Crippen LogP contribution in [0.3, 0.4) is 0 Å². The lowest BCUT2D eigenvalue weighted by atomic mass is 10.1. The summed E-state index contributed by atoms with van der Waals surface area (Å²) in [7, 11) is 4.13. The predicted molar refractivity (Wildman–Crippen MR) is 111 cm³/mol. The number of aromatic nitrogens is 2. The molecule has 27 heavy (non-hydrogen) atoms. The molecule has 0 spiro atoms. The van der Waals surface area contributed by atoms with Gasteiger partial charge < -0.3 is 14.8 Å². The Balaban J connectivity index is 1.74. The van der Waals surface area contributed by atoms with E-state index in [2.05, 4.69) is 83.4 Å². The van der Waals surface area contributed by atoms with Crippen molar-refractivity contribution in [3.8, 4) is 11.3 Å². The summed E-state index contributed by atoms with van der Waals surface area (Å²) in [6.07, 6.45) is 3.89. The molecular weight excluding hydrogens is 334 g/mol. The summed E-state index contributed by atoms with van der Waals surface area (Å²) in [6.45, 7) is 4.36. The average Bonchev–Trinajstić information content (AvgIpc) is 3.10. The van der Waals surface area contributed by atoms with Gasteiger partial charge >= 0.3 is 0 Å². The van der Waals surface area contributed by atoms with E-state index in [1.807, 2.05) is 24.4 Å². The smallest absolute Gasteiger partial charge is 0.194 e. The lowest BCUT2D eigenvalue weighted by Crippen LogP contribution is -2.38. The highest BCUT2D eigenvalue weighted by atomic mass is 15.3. The molecule has 0 saturated carbocycles. The molecule has 3 aromatic rings. The van der Waals surface area contributed by atoms with Gasteiger partial charge in [0.1, 0.15) is 0 Å². The molecule has 0 fully saturated rings. The van der Waals surface area contributed by atoms with Gasteiger partial charge in [-0.05, 0) is 42.8 Å². The monoisotopic (exact) mass is 361 g/mol. The first-order chi connectivity index (χ1) is 13.2. The lowest BCUT2D eigenvalue weighted by Gasteiger charge is -2.22. The van der Waals surface area contributed by atoms with Crippen molar-refractivity contribution in [2.24, 2.45) is 12.0 Å². The molecule has 2 heterocycles. The third-order valence-corrected chi connectivity index (χ3v) is 4.45. The largest absolute Gasteiger partial charge is 0.357 e. The molecule has 1 aromatic carbocycles. The van der Waals surface area contributed by atoms with Crippen LogP contribution in [0.4, 0.5) is 0 Å². The summed E-state index contributed by atoms with van der Waals surface area (Å²) < 4.78 is 2.14. The number of benzene rings is 1. The minimum atomic E-state index is 0.625. The molecule has 5 heteroatoms. The van der Waals surface area contributed by atoms with Crippen molar-refractivity contribution >= 4 is 5.96 Å². The fourth-order valence-electron chi connectivity index (χ4n) is 2.98. The lowest BCUT2D eigenvalue weighted by molar-refractivity contribution is 0.462. The highest BCUT2D eigenvalue weighted by Crippen LogP contribution is 2.18. The van der Waals surface area contributed by atoms with Crippen molar-refractivity contribution < 1.29 is 0 Å². The van der Waals surface area contributed by atoms with E-state index in [0.717, 1.165) is 30.3 Å². The minimum absolute atomic E-state index is 0.625. The van der Waals surface area contributed by atoms with Crippen LogP contribution >= 0.6 is 0 Å². The van der Waals surface area contributed by atoms with Crippen LogP contribution in [-0.4, -0.2) is 34.0 Å². The second-order valence-electron chi connectivity index (χ2n) is 6.55.